The van der Waals surface area contributed by atoms with Crippen molar-refractivity contribution in [2.75, 3.05) is 111 Å². The van der Waals surface area contributed by atoms with Gasteiger partial charge >= 0.3 is 5.97 Å². The molecule has 0 amide bonds. The standard InChI is InChI=1S/C46H66N2O15S2/c1-45(2,3)39-33-36(63-42-32-35(13-15-38(39)42)47(19-21-59-27-29-61-25-23-57-5)20-22-60-28-30-62-26-24-58-6)10-7-11-43-46(4,17-8-12-44(49)50)40-34-37(65(54,55)56)14-16-41(40)48(43)18-9-31-64(51,52)53/h7,10-11,13-16,32-34H,8-9,12,17-31H2,1-6H3,(H2-,49,50,51,52,53,54,55,56)/p-1. The van der Waals surface area contributed by atoms with Crippen LogP contribution in [0.4, 0.5) is 5.69 Å². The first-order valence-electron chi connectivity index (χ1n) is 21.7. The first-order valence-corrected chi connectivity index (χ1v) is 24.6. The number of benzene rings is 2. The van der Waals surface area contributed by atoms with E-state index in [-0.39, 0.29) is 37.6 Å². The molecule has 2 heterocycles. The van der Waals surface area contributed by atoms with E-state index in [1.165, 1.54) is 18.2 Å². The maximum atomic E-state index is 12.2. The number of methoxy groups -OCH3 is 2. The van der Waals surface area contributed by atoms with E-state index >= 15 is 0 Å². The number of rotatable bonds is 29. The quantitative estimate of drug-likeness (QED) is 0.0571. The van der Waals surface area contributed by atoms with Gasteiger partial charge < -0.3 is 52.0 Å². The zero-order valence-corrected chi connectivity index (χ0v) is 40.0. The second kappa shape index (κ2) is 25.2. The Morgan fingerprint density at radius 2 is 1.43 bits per heavy atom. The normalized spacial score (nSPS) is 16.3. The van der Waals surface area contributed by atoms with Crippen molar-refractivity contribution >= 4 is 38.0 Å². The van der Waals surface area contributed by atoms with Gasteiger partial charge in [-0.15, -0.1) is 0 Å². The van der Waals surface area contributed by atoms with Crippen molar-refractivity contribution in [2.24, 2.45) is 0 Å². The third-order valence-corrected chi connectivity index (χ3v) is 12.5. The van der Waals surface area contributed by atoms with E-state index in [9.17, 15) is 35.8 Å². The van der Waals surface area contributed by atoms with Gasteiger partial charge in [-0.25, -0.2) is 21.4 Å². The fourth-order valence-electron chi connectivity index (χ4n) is 7.66. The largest absolute Gasteiger partial charge is 0.748 e. The molecule has 1 aromatic rings. The van der Waals surface area contributed by atoms with Crippen LogP contribution in [0.5, 0.6) is 0 Å². The summed E-state index contributed by atoms with van der Waals surface area (Å²) in [4.78, 5) is 12.9. The minimum atomic E-state index is -4.86. The number of ether oxygens (including phenoxy) is 6. The Bertz CT molecular complexity index is 2310. The van der Waals surface area contributed by atoms with Gasteiger partial charge in [0.05, 0.1) is 73.9 Å². The van der Waals surface area contributed by atoms with Crippen LogP contribution in [-0.2, 0) is 64.3 Å². The van der Waals surface area contributed by atoms with Crippen LogP contribution in [0.15, 0.2) is 69.6 Å². The Hall–Kier alpha value is -4.02. The van der Waals surface area contributed by atoms with Gasteiger partial charge in [-0.1, -0.05) is 26.8 Å². The second-order valence-corrected chi connectivity index (χ2v) is 19.7. The van der Waals surface area contributed by atoms with Gasteiger partial charge in [0, 0.05) is 61.4 Å². The first kappa shape index (κ1) is 53.6. The van der Waals surface area contributed by atoms with Crippen molar-refractivity contribution in [3.8, 4) is 11.3 Å². The molecule has 0 spiro atoms. The number of hydrogen-bond donors (Lipinski definition) is 1. The average Bonchev–Trinajstić information content (AvgIpc) is 3.45. The molecule has 362 valence electrons. The summed E-state index contributed by atoms with van der Waals surface area (Å²) >= 11 is 0. The molecule has 0 bridgehead atoms. The van der Waals surface area contributed by atoms with Gasteiger partial charge in [0.2, 0.25) is 5.36 Å². The molecule has 1 atom stereocenters. The molecular weight excluding hydrogens is 885 g/mol. The molecule has 1 N–H and O–H groups in total. The van der Waals surface area contributed by atoms with Gasteiger partial charge in [-0.3, -0.25) is 4.79 Å². The Kier molecular flexibility index (Phi) is 20.8. The molecule has 0 saturated heterocycles. The van der Waals surface area contributed by atoms with Crippen molar-refractivity contribution in [1.29, 1.82) is 0 Å². The molecular formula is C46H65N2O15S2-. The summed E-state index contributed by atoms with van der Waals surface area (Å²) in [6, 6.07) is 12.0. The van der Waals surface area contributed by atoms with Crippen LogP contribution in [0, 0.1) is 0 Å². The van der Waals surface area contributed by atoms with Crippen LogP contribution in [0.3, 0.4) is 0 Å². The van der Waals surface area contributed by atoms with E-state index in [0.717, 1.165) is 16.5 Å². The highest BCUT2D eigenvalue weighted by Gasteiger charge is 2.43. The summed E-state index contributed by atoms with van der Waals surface area (Å²) in [5, 5.41) is 10.4. The van der Waals surface area contributed by atoms with Gasteiger partial charge in [0.25, 0.3) is 0 Å². The number of carboxylic acids is 1. The van der Waals surface area contributed by atoms with Crippen LogP contribution in [0.2, 0.25) is 0 Å². The highest BCUT2D eigenvalue weighted by molar-refractivity contribution is 7.86. The number of anilines is 1. The molecule has 1 aliphatic carbocycles. The minimum absolute atomic E-state index is 0.0434. The fourth-order valence-corrected chi connectivity index (χ4v) is 8.64. The van der Waals surface area contributed by atoms with E-state index in [2.05, 4.69) is 25.3 Å². The van der Waals surface area contributed by atoms with Crippen molar-refractivity contribution in [3.05, 3.63) is 82.6 Å². The molecule has 19 heteroatoms. The second-order valence-electron chi connectivity index (χ2n) is 16.8. The van der Waals surface area contributed by atoms with E-state index in [4.69, 9.17) is 32.8 Å². The van der Waals surface area contributed by atoms with Gasteiger partial charge in [0.15, 0.2) is 13.1 Å². The lowest BCUT2D eigenvalue weighted by molar-refractivity contribution is -0.137. The summed E-state index contributed by atoms with van der Waals surface area (Å²) in [5.41, 5.74) is 2.21. The van der Waals surface area contributed by atoms with Crippen LogP contribution >= 0.6 is 0 Å². The van der Waals surface area contributed by atoms with E-state index < -0.39 is 42.3 Å². The zero-order chi connectivity index (χ0) is 47.7. The zero-order valence-electron chi connectivity index (χ0n) is 38.4. The summed E-state index contributed by atoms with van der Waals surface area (Å²) in [6.45, 7) is 14.0. The highest BCUT2D eigenvalue weighted by atomic mass is 32.2. The summed E-state index contributed by atoms with van der Waals surface area (Å²) < 4.78 is 113. The molecule has 65 heavy (non-hydrogen) atoms. The molecule has 0 saturated carbocycles. The maximum absolute atomic E-state index is 12.2. The molecule has 4 rings (SSSR count). The average molecular weight is 950 g/mol. The fraction of sp³-hybridized carbons (Fsp3) is 0.565. The Balaban J connectivity index is 1.76. The first-order chi connectivity index (χ1) is 30.8. The number of carbonyl (C=O) groups is 1. The van der Waals surface area contributed by atoms with Crippen molar-refractivity contribution in [1.82, 2.24) is 4.58 Å². The third-order valence-electron chi connectivity index (χ3n) is 10.9. The monoisotopic (exact) mass is 949 g/mol. The number of nitrogens with zero attached hydrogens (tertiary/aromatic N) is 2. The van der Waals surface area contributed by atoms with Gasteiger partial charge in [-0.2, -0.15) is 0 Å². The van der Waals surface area contributed by atoms with Crippen molar-refractivity contribution in [2.45, 2.75) is 69.1 Å². The van der Waals surface area contributed by atoms with E-state index in [0.29, 0.717) is 108 Å². The molecule has 3 aliphatic rings. The van der Waals surface area contributed by atoms with Gasteiger partial charge in [-0.05, 0) is 85.2 Å². The number of aliphatic carboxylic acids is 1. The van der Waals surface area contributed by atoms with E-state index in [1.54, 1.807) is 37.3 Å². The molecule has 0 radical (unpaired) electrons. The summed E-state index contributed by atoms with van der Waals surface area (Å²) in [5.74, 6) is -0.496. The molecule has 0 fully saturated rings. The minimum Gasteiger partial charge on any atom is -0.748 e. The molecule has 0 aromatic heterocycles. The Labute approximate surface area is 383 Å². The topological polar surface area (TPSA) is 226 Å². The number of fused-ring (bicyclic) bond motifs is 2. The number of carboxylic acid groups (broad SMARTS) is 1. The highest BCUT2D eigenvalue weighted by Crippen LogP contribution is 2.51. The van der Waals surface area contributed by atoms with Crippen molar-refractivity contribution in [3.63, 3.8) is 0 Å². The molecule has 2 aliphatic heterocycles. The lowest BCUT2D eigenvalue weighted by Gasteiger charge is -2.30. The lowest BCUT2D eigenvalue weighted by atomic mass is 9.77. The summed E-state index contributed by atoms with van der Waals surface area (Å²) in [6.07, 6.45) is 5.59. The van der Waals surface area contributed by atoms with Gasteiger partial charge in [0.1, 0.15) is 34.9 Å². The Morgan fingerprint density at radius 3 is 1.98 bits per heavy atom. The number of allylic oxidation sites excluding steroid dienone is 3. The van der Waals surface area contributed by atoms with Crippen LogP contribution < -0.4 is 14.8 Å². The SMILES string of the molecule is COCCOCCOCC[N+](CCOCCOCCOC)=c1ccc2c(C(C)(C)C)cc(/C=C/C=C3/N(CCCS(=O)(=O)[O-])c4ccc(S(=O)(=O)[O-])cc4C3(C)CCCC(=O)O)oc-2c1. The number of hydrogen-bond acceptors (Lipinski definition) is 15. The third kappa shape index (κ3) is 16.7. The van der Waals surface area contributed by atoms with Crippen LogP contribution in [0.25, 0.3) is 17.4 Å². The predicted molar refractivity (Wildman–Crippen MR) is 243 cm³/mol. The smallest absolute Gasteiger partial charge is 0.303 e. The molecule has 17 nitrogen and oxygen atoms in total. The lowest BCUT2D eigenvalue weighted by Crippen LogP contribution is -2.36. The Morgan fingerprint density at radius 1 is 0.831 bits per heavy atom. The molecule has 1 aromatic carbocycles. The van der Waals surface area contributed by atoms with Crippen LogP contribution in [0.1, 0.15) is 70.3 Å². The van der Waals surface area contributed by atoms with Crippen molar-refractivity contribution < 1.29 is 68.7 Å². The summed E-state index contributed by atoms with van der Waals surface area (Å²) in [7, 11) is -6.16. The van der Waals surface area contributed by atoms with E-state index in [1.807, 2.05) is 31.2 Å². The van der Waals surface area contributed by atoms with Crippen LogP contribution in [-0.4, -0.2) is 143 Å². The molecule has 1 unspecified atom stereocenters. The maximum Gasteiger partial charge on any atom is 0.303 e. The predicted octanol–water partition coefficient (Wildman–Crippen LogP) is 4.58.